The third-order valence-corrected chi connectivity index (χ3v) is 3.81. The first-order valence-electron chi connectivity index (χ1n) is 7.98. The number of rotatable bonds is 6. The lowest BCUT2D eigenvalue weighted by Crippen LogP contribution is -2.36. The zero-order valence-corrected chi connectivity index (χ0v) is 14.2. The maximum atomic E-state index is 12.1. The van der Waals surface area contributed by atoms with Gasteiger partial charge in [0.2, 0.25) is 0 Å². The molecule has 1 atom stereocenters. The predicted molar refractivity (Wildman–Crippen MR) is 95.7 cm³/mol. The summed E-state index contributed by atoms with van der Waals surface area (Å²) in [6.07, 6.45) is 5.01. The lowest BCUT2D eigenvalue weighted by molar-refractivity contribution is 0.233. The number of furan rings is 1. The fraction of sp³-hybridized carbons (Fsp3) is 0.222. The topological polar surface area (TPSA) is 75.3 Å². The molecule has 7 heteroatoms. The van der Waals surface area contributed by atoms with E-state index in [1.54, 1.807) is 23.3 Å². The van der Waals surface area contributed by atoms with Gasteiger partial charge in [0.1, 0.15) is 5.76 Å². The standard InChI is InChI=1S/C18H21N5O2/c1-22(2)16(17-9-6-10-25-17)12-19-18(24)21-14-11-20-23(13-14)15-7-4-3-5-8-15/h3-11,13,16H,12H2,1-2H3,(H2,19,21,24)/t16-/m1/s1. The first-order valence-corrected chi connectivity index (χ1v) is 7.98. The Labute approximate surface area is 146 Å². The minimum atomic E-state index is -0.286. The number of amides is 2. The number of hydrogen-bond acceptors (Lipinski definition) is 4. The van der Waals surface area contributed by atoms with E-state index in [4.69, 9.17) is 4.42 Å². The number of para-hydroxylation sites is 1. The molecule has 0 bridgehead atoms. The van der Waals surface area contributed by atoms with Crippen molar-refractivity contribution >= 4 is 11.7 Å². The van der Waals surface area contributed by atoms with Gasteiger partial charge in [0.25, 0.3) is 0 Å². The molecule has 2 N–H and O–H groups in total. The lowest BCUT2D eigenvalue weighted by Gasteiger charge is -2.22. The number of aromatic nitrogens is 2. The molecule has 0 spiro atoms. The van der Waals surface area contributed by atoms with Crippen molar-refractivity contribution in [1.82, 2.24) is 20.0 Å². The molecule has 1 aromatic carbocycles. The Bertz CT molecular complexity index is 796. The van der Waals surface area contributed by atoms with Crippen LogP contribution in [-0.2, 0) is 0 Å². The Hall–Kier alpha value is -3.06. The smallest absolute Gasteiger partial charge is 0.319 e. The van der Waals surface area contributed by atoms with Crippen LogP contribution in [0.4, 0.5) is 10.5 Å². The van der Waals surface area contributed by atoms with Crippen LogP contribution in [0.1, 0.15) is 11.8 Å². The molecule has 3 aromatic rings. The molecular weight excluding hydrogens is 318 g/mol. The van der Waals surface area contributed by atoms with Crippen molar-refractivity contribution < 1.29 is 9.21 Å². The summed E-state index contributed by atoms with van der Waals surface area (Å²) in [5.41, 5.74) is 1.56. The molecule has 0 unspecified atom stereocenters. The molecule has 0 saturated carbocycles. The minimum absolute atomic E-state index is 0.0345. The molecule has 0 aliphatic carbocycles. The molecule has 25 heavy (non-hydrogen) atoms. The number of hydrogen-bond donors (Lipinski definition) is 2. The first-order chi connectivity index (χ1) is 12.1. The van der Waals surface area contributed by atoms with E-state index in [0.717, 1.165) is 11.4 Å². The summed E-state index contributed by atoms with van der Waals surface area (Å²) in [6.45, 7) is 0.430. The van der Waals surface area contributed by atoms with Crippen molar-refractivity contribution in [3.63, 3.8) is 0 Å². The number of likely N-dealkylation sites (N-methyl/N-ethyl adjacent to an activating group) is 1. The summed E-state index contributed by atoms with van der Waals surface area (Å²) in [5, 5.41) is 9.90. The lowest BCUT2D eigenvalue weighted by atomic mass is 10.2. The van der Waals surface area contributed by atoms with E-state index in [1.807, 2.05) is 61.5 Å². The summed E-state index contributed by atoms with van der Waals surface area (Å²) in [6, 6.07) is 13.1. The highest BCUT2D eigenvalue weighted by molar-refractivity contribution is 5.88. The molecule has 130 valence electrons. The second kappa shape index (κ2) is 7.67. The molecule has 2 aromatic heterocycles. The Kier molecular flexibility index (Phi) is 5.15. The van der Waals surface area contributed by atoms with Gasteiger partial charge in [-0.2, -0.15) is 5.10 Å². The van der Waals surface area contributed by atoms with Crippen LogP contribution in [0.5, 0.6) is 0 Å². The fourth-order valence-electron chi connectivity index (χ4n) is 2.49. The number of carbonyl (C=O) groups is 1. The van der Waals surface area contributed by atoms with E-state index in [0.29, 0.717) is 12.2 Å². The zero-order valence-electron chi connectivity index (χ0n) is 14.2. The average molecular weight is 339 g/mol. The maximum absolute atomic E-state index is 12.1. The van der Waals surface area contributed by atoms with Gasteiger partial charge in [0.15, 0.2) is 0 Å². The SMILES string of the molecule is CN(C)[C@H](CNC(=O)Nc1cnn(-c2ccccc2)c1)c1ccco1. The van der Waals surface area contributed by atoms with Crippen molar-refractivity contribution in [1.29, 1.82) is 0 Å². The molecule has 0 aliphatic heterocycles. The van der Waals surface area contributed by atoms with Gasteiger partial charge in [-0.1, -0.05) is 18.2 Å². The van der Waals surface area contributed by atoms with Crippen molar-refractivity contribution in [2.24, 2.45) is 0 Å². The van der Waals surface area contributed by atoms with Gasteiger partial charge >= 0.3 is 6.03 Å². The molecule has 3 rings (SSSR count). The van der Waals surface area contributed by atoms with E-state index in [-0.39, 0.29) is 12.1 Å². The summed E-state index contributed by atoms with van der Waals surface area (Å²) in [7, 11) is 3.88. The molecule has 0 saturated heterocycles. The third-order valence-electron chi connectivity index (χ3n) is 3.81. The van der Waals surface area contributed by atoms with Gasteiger partial charge in [-0.3, -0.25) is 4.90 Å². The summed E-state index contributed by atoms with van der Waals surface area (Å²) in [5.74, 6) is 0.808. The highest BCUT2D eigenvalue weighted by Gasteiger charge is 2.18. The zero-order chi connectivity index (χ0) is 17.6. The van der Waals surface area contributed by atoms with Crippen LogP contribution in [0.2, 0.25) is 0 Å². The molecule has 0 fully saturated rings. The number of anilines is 1. The van der Waals surface area contributed by atoms with Crippen LogP contribution in [0, 0.1) is 0 Å². The highest BCUT2D eigenvalue weighted by atomic mass is 16.3. The summed E-state index contributed by atoms with van der Waals surface area (Å²) < 4.78 is 7.14. The molecule has 7 nitrogen and oxygen atoms in total. The highest BCUT2D eigenvalue weighted by Crippen LogP contribution is 2.17. The Morgan fingerprint density at radius 1 is 1.24 bits per heavy atom. The van der Waals surface area contributed by atoms with Crippen molar-refractivity contribution in [2.75, 3.05) is 26.0 Å². The van der Waals surface area contributed by atoms with Gasteiger partial charge in [-0.25, -0.2) is 9.48 Å². The summed E-state index contributed by atoms with van der Waals surface area (Å²) >= 11 is 0. The number of nitrogens with one attached hydrogen (secondary N) is 2. The second-order valence-electron chi connectivity index (χ2n) is 5.84. The van der Waals surface area contributed by atoms with E-state index < -0.39 is 0 Å². The van der Waals surface area contributed by atoms with Gasteiger partial charge in [0.05, 0.1) is 36.1 Å². The first kappa shape index (κ1) is 16.8. The van der Waals surface area contributed by atoms with Crippen LogP contribution in [-0.4, -0.2) is 41.4 Å². The van der Waals surface area contributed by atoms with Gasteiger partial charge in [-0.05, 0) is 38.4 Å². The quantitative estimate of drug-likeness (QED) is 0.724. The van der Waals surface area contributed by atoms with Gasteiger partial charge in [0, 0.05) is 6.54 Å². The van der Waals surface area contributed by atoms with Crippen LogP contribution < -0.4 is 10.6 Å². The van der Waals surface area contributed by atoms with E-state index in [9.17, 15) is 4.79 Å². The summed E-state index contributed by atoms with van der Waals surface area (Å²) in [4.78, 5) is 14.1. The minimum Gasteiger partial charge on any atom is -0.468 e. The largest absolute Gasteiger partial charge is 0.468 e. The van der Waals surface area contributed by atoms with E-state index >= 15 is 0 Å². The van der Waals surface area contributed by atoms with Gasteiger partial charge in [-0.15, -0.1) is 0 Å². The number of urea groups is 1. The Morgan fingerprint density at radius 2 is 2.04 bits per heavy atom. The van der Waals surface area contributed by atoms with Crippen LogP contribution >= 0.6 is 0 Å². The van der Waals surface area contributed by atoms with Crippen LogP contribution in [0.15, 0.2) is 65.5 Å². The average Bonchev–Trinajstić information content (AvgIpc) is 3.28. The van der Waals surface area contributed by atoms with E-state index in [1.165, 1.54) is 0 Å². The number of carbonyl (C=O) groups excluding carboxylic acids is 1. The van der Waals surface area contributed by atoms with Gasteiger partial charge < -0.3 is 15.1 Å². The van der Waals surface area contributed by atoms with Crippen molar-refractivity contribution in [2.45, 2.75) is 6.04 Å². The molecule has 0 radical (unpaired) electrons. The van der Waals surface area contributed by atoms with Crippen LogP contribution in [0.25, 0.3) is 5.69 Å². The van der Waals surface area contributed by atoms with Crippen molar-refractivity contribution in [3.05, 3.63) is 66.9 Å². The molecule has 0 aliphatic rings. The Morgan fingerprint density at radius 3 is 2.72 bits per heavy atom. The Balaban J connectivity index is 1.57. The third kappa shape index (κ3) is 4.27. The number of benzene rings is 1. The predicted octanol–water partition coefficient (Wildman–Crippen LogP) is 2.89. The monoisotopic (exact) mass is 339 g/mol. The number of nitrogens with zero attached hydrogens (tertiary/aromatic N) is 3. The maximum Gasteiger partial charge on any atom is 0.319 e. The molecule has 2 amide bonds. The van der Waals surface area contributed by atoms with E-state index in [2.05, 4.69) is 15.7 Å². The van der Waals surface area contributed by atoms with Crippen LogP contribution in [0.3, 0.4) is 0 Å². The molecular formula is C18H21N5O2. The van der Waals surface area contributed by atoms with Crippen molar-refractivity contribution in [3.8, 4) is 5.69 Å². The fourth-order valence-corrected chi connectivity index (χ4v) is 2.49. The molecule has 2 heterocycles. The second-order valence-corrected chi connectivity index (χ2v) is 5.84. The normalized spacial score (nSPS) is 12.1.